The van der Waals surface area contributed by atoms with Crippen molar-refractivity contribution < 1.29 is 4.74 Å². The fraction of sp³-hybridized carbons (Fsp3) is 0.625. The van der Waals surface area contributed by atoms with Crippen molar-refractivity contribution in [1.29, 1.82) is 0 Å². The second kappa shape index (κ2) is 5.31. The molecular weight excluding hydrogens is 222 g/mol. The summed E-state index contributed by atoms with van der Waals surface area (Å²) in [4.78, 5) is 0. The van der Waals surface area contributed by atoms with Gasteiger partial charge in [-0.15, -0.1) is 0 Å². The Labute approximate surface area is 110 Å². The molecule has 1 aliphatic heterocycles. The van der Waals surface area contributed by atoms with Gasteiger partial charge in [0.15, 0.2) is 0 Å². The first-order valence-electron chi connectivity index (χ1n) is 7.31. The lowest BCUT2D eigenvalue weighted by atomic mass is 9.99. The molecule has 0 saturated heterocycles. The number of hydrogen-bond acceptors (Lipinski definition) is 2. The van der Waals surface area contributed by atoms with E-state index >= 15 is 0 Å². The van der Waals surface area contributed by atoms with Crippen molar-refractivity contribution in [3.8, 4) is 5.75 Å². The summed E-state index contributed by atoms with van der Waals surface area (Å²) in [5.74, 6) is 1.96. The van der Waals surface area contributed by atoms with E-state index in [1.165, 1.54) is 31.2 Å². The fourth-order valence-electron chi connectivity index (χ4n) is 3.31. The minimum absolute atomic E-state index is 0.325. The first-order valence-corrected chi connectivity index (χ1v) is 7.31. The lowest BCUT2D eigenvalue weighted by Crippen LogP contribution is -2.39. The zero-order valence-corrected chi connectivity index (χ0v) is 11.2. The second-order valence-corrected chi connectivity index (χ2v) is 5.79. The molecule has 98 valence electrons. The van der Waals surface area contributed by atoms with Crippen LogP contribution >= 0.6 is 0 Å². The maximum absolute atomic E-state index is 5.96. The predicted octanol–water partition coefficient (Wildman–Crippen LogP) is 3.16. The van der Waals surface area contributed by atoms with Gasteiger partial charge in [-0.25, -0.2) is 0 Å². The van der Waals surface area contributed by atoms with Gasteiger partial charge in [0.2, 0.25) is 0 Å². The zero-order valence-electron chi connectivity index (χ0n) is 11.2. The van der Waals surface area contributed by atoms with Gasteiger partial charge in [-0.1, -0.05) is 31.0 Å². The Bertz CT molecular complexity index is 373. The average Bonchev–Trinajstić information content (AvgIpc) is 3.04. The van der Waals surface area contributed by atoms with Gasteiger partial charge in [0.05, 0.1) is 0 Å². The molecule has 2 heteroatoms. The Balaban J connectivity index is 1.48. The molecular formula is C16H23NO. The van der Waals surface area contributed by atoms with Crippen LogP contribution in [-0.2, 0) is 6.42 Å². The average molecular weight is 245 g/mol. The summed E-state index contributed by atoms with van der Waals surface area (Å²) in [6.07, 6.45) is 7.02. The normalized spacial score (nSPS) is 24.8. The molecule has 0 amide bonds. The molecule has 1 aliphatic carbocycles. The number of fused-ring (bicyclic) bond motifs is 1. The number of benzene rings is 1. The molecule has 0 aromatic heterocycles. The van der Waals surface area contributed by atoms with Gasteiger partial charge >= 0.3 is 0 Å². The Hall–Kier alpha value is -1.02. The standard InChI is InChI=1S/C16H23NO/c1-12(13-6-2-3-7-13)17-11-15-10-14-8-4-5-9-16(14)18-15/h4-5,8-9,12-13,15,17H,2-3,6-7,10-11H2,1H3/t12-,15?/m0/s1. The summed E-state index contributed by atoms with van der Waals surface area (Å²) in [6.45, 7) is 3.31. The van der Waals surface area contributed by atoms with Crippen LogP contribution in [0.4, 0.5) is 0 Å². The van der Waals surface area contributed by atoms with Gasteiger partial charge < -0.3 is 10.1 Å². The van der Waals surface area contributed by atoms with E-state index in [4.69, 9.17) is 4.74 Å². The molecule has 2 nitrogen and oxygen atoms in total. The number of hydrogen-bond donors (Lipinski definition) is 1. The largest absolute Gasteiger partial charge is 0.488 e. The topological polar surface area (TPSA) is 21.3 Å². The molecule has 0 bridgehead atoms. The highest BCUT2D eigenvalue weighted by Gasteiger charge is 2.25. The highest BCUT2D eigenvalue weighted by Crippen LogP contribution is 2.29. The van der Waals surface area contributed by atoms with Crippen molar-refractivity contribution >= 4 is 0 Å². The van der Waals surface area contributed by atoms with Crippen LogP contribution in [0.5, 0.6) is 5.75 Å². The van der Waals surface area contributed by atoms with E-state index in [1.807, 2.05) is 0 Å². The molecule has 1 aromatic rings. The number of para-hydroxylation sites is 1. The molecule has 1 saturated carbocycles. The van der Waals surface area contributed by atoms with Crippen molar-refractivity contribution in [1.82, 2.24) is 5.32 Å². The molecule has 1 aromatic carbocycles. The third kappa shape index (κ3) is 2.54. The third-order valence-electron chi connectivity index (χ3n) is 4.49. The molecule has 1 fully saturated rings. The first kappa shape index (κ1) is 12.0. The van der Waals surface area contributed by atoms with E-state index in [1.54, 1.807) is 0 Å². The number of ether oxygens (including phenoxy) is 1. The van der Waals surface area contributed by atoms with Gasteiger partial charge in [0.1, 0.15) is 11.9 Å². The van der Waals surface area contributed by atoms with E-state index in [0.717, 1.165) is 24.6 Å². The molecule has 1 unspecified atom stereocenters. The van der Waals surface area contributed by atoms with Crippen molar-refractivity contribution in [3.63, 3.8) is 0 Å². The Morgan fingerprint density at radius 1 is 1.28 bits per heavy atom. The number of rotatable bonds is 4. The van der Waals surface area contributed by atoms with Crippen molar-refractivity contribution in [2.45, 2.75) is 51.2 Å². The van der Waals surface area contributed by atoms with Crippen LogP contribution in [-0.4, -0.2) is 18.7 Å². The molecule has 3 rings (SSSR count). The van der Waals surface area contributed by atoms with Crippen LogP contribution in [0.2, 0.25) is 0 Å². The van der Waals surface area contributed by atoms with Crippen LogP contribution in [0.3, 0.4) is 0 Å². The summed E-state index contributed by atoms with van der Waals surface area (Å²) in [7, 11) is 0. The predicted molar refractivity (Wildman–Crippen MR) is 74.0 cm³/mol. The molecule has 1 heterocycles. The Morgan fingerprint density at radius 2 is 2.06 bits per heavy atom. The summed E-state index contributed by atoms with van der Waals surface area (Å²) in [6, 6.07) is 9.04. The van der Waals surface area contributed by atoms with Crippen LogP contribution in [0, 0.1) is 5.92 Å². The minimum atomic E-state index is 0.325. The fourth-order valence-corrected chi connectivity index (χ4v) is 3.31. The molecule has 18 heavy (non-hydrogen) atoms. The molecule has 2 aliphatic rings. The minimum Gasteiger partial charge on any atom is -0.488 e. The third-order valence-corrected chi connectivity index (χ3v) is 4.49. The highest BCUT2D eigenvalue weighted by atomic mass is 16.5. The summed E-state index contributed by atoms with van der Waals surface area (Å²) >= 11 is 0. The zero-order chi connectivity index (χ0) is 12.4. The lowest BCUT2D eigenvalue weighted by Gasteiger charge is -2.22. The second-order valence-electron chi connectivity index (χ2n) is 5.79. The van der Waals surface area contributed by atoms with Crippen molar-refractivity contribution in [2.75, 3.05) is 6.54 Å². The molecule has 1 N–H and O–H groups in total. The van der Waals surface area contributed by atoms with Crippen molar-refractivity contribution in [3.05, 3.63) is 29.8 Å². The summed E-state index contributed by atoms with van der Waals surface area (Å²) < 4.78 is 5.96. The van der Waals surface area contributed by atoms with Crippen LogP contribution in [0.1, 0.15) is 38.2 Å². The smallest absolute Gasteiger partial charge is 0.123 e. The Morgan fingerprint density at radius 3 is 2.83 bits per heavy atom. The SMILES string of the molecule is C[C@H](NCC1Cc2ccccc2O1)C1CCCC1. The van der Waals surface area contributed by atoms with E-state index < -0.39 is 0 Å². The van der Waals surface area contributed by atoms with Crippen LogP contribution in [0.15, 0.2) is 24.3 Å². The van der Waals surface area contributed by atoms with E-state index in [9.17, 15) is 0 Å². The summed E-state index contributed by atoms with van der Waals surface area (Å²) in [5.41, 5.74) is 1.36. The molecule has 0 radical (unpaired) electrons. The molecule has 2 atom stereocenters. The molecule has 0 spiro atoms. The highest BCUT2D eigenvalue weighted by molar-refractivity contribution is 5.37. The summed E-state index contributed by atoms with van der Waals surface area (Å²) in [5, 5.41) is 3.68. The maximum atomic E-state index is 5.96. The monoisotopic (exact) mass is 245 g/mol. The van der Waals surface area contributed by atoms with E-state index in [-0.39, 0.29) is 0 Å². The van der Waals surface area contributed by atoms with Gasteiger partial charge in [-0.2, -0.15) is 0 Å². The van der Waals surface area contributed by atoms with E-state index in [2.05, 4.69) is 36.5 Å². The van der Waals surface area contributed by atoms with Gasteiger partial charge in [0, 0.05) is 19.0 Å². The maximum Gasteiger partial charge on any atom is 0.123 e. The first-order chi connectivity index (χ1) is 8.83. The van der Waals surface area contributed by atoms with Gasteiger partial charge in [-0.05, 0) is 37.3 Å². The van der Waals surface area contributed by atoms with Gasteiger partial charge in [0.25, 0.3) is 0 Å². The van der Waals surface area contributed by atoms with E-state index in [0.29, 0.717) is 12.1 Å². The Kier molecular flexibility index (Phi) is 3.55. The van der Waals surface area contributed by atoms with Crippen LogP contribution < -0.4 is 10.1 Å². The quantitative estimate of drug-likeness (QED) is 0.880. The van der Waals surface area contributed by atoms with Gasteiger partial charge in [-0.3, -0.25) is 0 Å². The van der Waals surface area contributed by atoms with Crippen LogP contribution in [0.25, 0.3) is 0 Å². The number of nitrogens with one attached hydrogen (secondary N) is 1. The van der Waals surface area contributed by atoms with Crippen molar-refractivity contribution in [2.24, 2.45) is 5.92 Å². The lowest BCUT2D eigenvalue weighted by molar-refractivity contribution is 0.214.